The standard InChI is InChI=1S/C21H22N2O2/c1-3-8-20(19(22)4-2)23-21(24)17-13-11-16(12-14-17)15-25-18-9-6-5-7-10-18/h3-14H,1,15,22H2,2H3,(H,23,24)/b19-4+,20-8+. The van der Waals surface area contributed by atoms with Crippen molar-refractivity contribution in [2.45, 2.75) is 13.5 Å². The molecule has 0 saturated carbocycles. The molecule has 128 valence electrons. The molecule has 0 heterocycles. The third kappa shape index (κ3) is 5.39. The van der Waals surface area contributed by atoms with Crippen molar-refractivity contribution < 1.29 is 9.53 Å². The van der Waals surface area contributed by atoms with E-state index in [0.29, 0.717) is 23.6 Å². The summed E-state index contributed by atoms with van der Waals surface area (Å²) >= 11 is 0. The summed E-state index contributed by atoms with van der Waals surface area (Å²) in [4.78, 5) is 12.3. The van der Waals surface area contributed by atoms with E-state index in [9.17, 15) is 4.79 Å². The van der Waals surface area contributed by atoms with E-state index in [-0.39, 0.29) is 5.91 Å². The van der Waals surface area contributed by atoms with E-state index >= 15 is 0 Å². The first-order chi connectivity index (χ1) is 12.1. The number of carbonyl (C=O) groups is 1. The first-order valence-electron chi connectivity index (χ1n) is 7.97. The summed E-state index contributed by atoms with van der Waals surface area (Å²) in [5.74, 6) is 0.582. The number of benzene rings is 2. The highest BCUT2D eigenvalue weighted by Gasteiger charge is 2.09. The van der Waals surface area contributed by atoms with Crippen LogP contribution in [0.25, 0.3) is 0 Å². The van der Waals surface area contributed by atoms with E-state index in [1.807, 2.05) is 42.5 Å². The predicted octanol–water partition coefficient (Wildman–Crippen LogP) is 3.93. The Balaban J connectivity index is 2.00. The number of nitrogens with two attached hydrogens (primary N) is 1. The molecule has 0 saturated heterocycles. The molecule has 2 aromatic rings. The number of para-hydroxylation sites is 1. The first-order valence-corrected chi connectivity index (χ1v) is 7.97. The minimum absolute atomic E-state index is 0.228. The van der Waals surface area contributed by atoms with Gasteiger partial charge in [0.25, 0.3) is 5.91 Å². The molecule has 0 aliphatic rings. The monoisotopic (exact) mass is 334 g/mol. The van der Waals surface area contributed by atoms with Crippen molar-refractivity contribution in [2.24, 2.45) is 5.73 Å². The highest BCUT2D eigenvalue weighted by atomic mass is 16.5. The number of hydrogen-bond donors (Lipinski definition) is 2. The van der Waals surface area contributed by atoms with Crippen LogP contribution in [0.3, 0.4) is 0 Å². The van der Waals surface area contributed by atoms with Gasteiger partial charge in [-0.1, -0.05) is 49.1 Å². The van der Waals surface area contributed by atoms with E-state index in [1.54, 1.807) is 37.3 Å². The molecule has 0 aliphatic heterocycles. The summed E-state index contributed by atoms with van der Waals surface area (Å²) in [6, 6.07) is 16.9. The lowest BCUT2D eigenvalue weighted by atomic mass is 10.1. The van der Waals surface area contributed by atoms with Gasteiger partial charge in [-0.15, -0.1) is 0 Å². The summed E-state index contributed by atoms with van der Waals surface area (Å²) in [6.45, 7) is 5.88. The Morgan fingerprint density at radius 3 is 2.44 bits per heavy atom. The maximum Gasteiger partial charge on any atom is 0.255 e. The molecule has 0 aliphatic carbocycles. The molecule has 0 unspecified atom stereocenters. The molecule has 2 aromatic carbocycles. The summed E-state index contributed by atoms with van der Waals surface area (Å²) in [7, 11) is 0. The summed E-state index contributed by atoms with van der Waals surface area (Å²) in [5, 5.41) is 2.79. The molecular weight excluding hydrogens is 312 g/mol. The first kappa shape index (κ1) is 18.1. The highest BCUT2D eigenvalue weighted by Crippen LogP contribution is 2.13. The smallest absolute Gasteiger partial charge is 0.255 e. The van der Waals surface area contributed by atoms with Crippen molar-refractivity contribution in [2.75, 3.05) is 0 Å². The molecule has 0 spiro atoms. The Morgan fingerprint density at radius 2 is 1.84 bits per heavy atom. The van der Waals surface area contributed by atoms with Gasteiger partial charge >= 0.3 is 0 Å². The fraction of sp³-hybridized carbons (Fsp3) is 0.0952. The van der Waals surface area contributed by atoms with Crippen LogP contribution in [-0.4, -0.2) is 5.91 Å². The fourth-order valence-corrected chi connectivity index (χ4v) is 2.11. The molecule has 0 fully saturated rings. The maximum atomic E-state index is 12.3. The van der Waals surface area contributed by atoms with E-state index in [0.717, 1.165) is 11.3 Å². The summed E-state index contributed by atoms with van der Waals surface area (Å²) < 4.78 is 5.69. The molecule has 25 heavy (non-hydrogen) atoms. The van der Waals surface area contributed by atoms with Crippen LogP contribution in [0.4, 0.5) is 0 Å². The van der Waals surface area contributed by atoms with Crippen LogP contribution in [0.2, 0.25) is 0 Å². The normalized spacial score (nSPS) is 11.7. The Hall–Kier alpha value is -3.27. The second kappa shape index (κ2) is 9.13. The van der Waals surface area contributed by atoms with Crippen LogP contribution < -0.4 is 15.8 Å². The fourth-order valence-electron chi connectivity index (χ4n) is 2.11. The average Bonchev–Trinajstić information content (AvgIpc) is 2.66. The molecule has 0 atom stereocenters. The Bertz CT molecular complexity index is 775. The SMILES string of the molecule is C=C/C=C(NC(=O)c1ccc(COc2ccccc2)cc1)\C(N)=C/C. The molecule has 3 N–H and O–H groups in total. The van der Waals surface area contributed by atoms with Gasteiger partial charge in [0, 0.05) is 5.56 Å². The van der Waals surface area contributed by atoms with Crippen LogP contribution in [0.5, 0.6) is 5.75 Å². The van der Waals surface area contributed by atoms with Crippen LogP contribution in [0.1, 0.15) is 22.8 Å². The molecule has 1 amide bonds. The van der Waals surface area contributed by atoms with Crippen LogP contribution in [0, 0.1) is 0 Å². The number of amides is 1. The van der Waals surface area contributed by atoms with E-state index in [1.165, 1.54) is 0 Å². The highest BCUT2D eigenvalue weighted by molar-refractivity contribution is 5.95. The van der Waals surface area contributed by atoms with E-state index in [2.05, 4.69) is 11.9 Å². The minimum Gasteiger partial charge on any atom is -0.489 e. The minimum atomic E-state index is -0.228. The number of carbonyl (C=O) groups excluding carboxylic acids is 1. The third-order valence-electron chi connectivity index (χ3n) is 3.52. The maximum absolute atomic E-state index is 12.3. The molecule has 4 nitrogen and oxygen atoms in total. The number of hydrogen-bond acceptors (Lipinski definition) is 3. The Labute approximate surface area is 148 Å². The van der Waals surface area contributed by atoms with Crippen molar-refractivity contribution >= 4 is 5.91 Å². The number of rotatable bonds is 7. The van der Waals surface area contributed by atoms with Crippen LogP contribution >= 0.6 is 0 Å². The second-order valence-corrected chi connectivity index (χ2v) is 5.31. The zero-order valence-corrected chi connectivity index (χ0v) is 14.2. The molecule has 0 bridgehead atoms. The van der Waals surface area contributed by atoms with Gasteiger partial charge < -0.3 is 15.8 Å². The number of allylic oxidation sites excluding steroid dienone is 3. The van der Waals surface area contributed by atoms with Gasteiger partial charge in [0.2, 0.25) is 0 Å². The van der Waals surface area contributed by atoms with Crippen molar-refractivity contribution in [1.82, 2.24) is 5.32 Å². The molecule has 0 aromatic heterocycles. The molecule has 4 heteroatoms. The topological polar surface area (TPSA) is 64.3 Å². The van der Waals surface area contributed by atoms with Crippen molar-refractivity contribution in [3.8, 4) is 5.75 Å². The van der Waals surface area contributed by atoms with E-state index in [4.69, 9.17) is 10.5 Å². The number of nitrogens with one attached hydrogen (secondary N) is 1. The van der Waals surface area contributed by atoms with Gasteiger partial charge in [-0.2, -0.15) is 0 Å². The van der Waals surface area contributed by atoms with Crippen molar-refractivity contribution in [1.29, 1.82) is 0 Å². The lowest BCUT2D eigenvalue weighted by molar-refractivity contribution is 0.0966. The van der Waals surface area contributed by atoms with Crippen molar-refractivity contribution in [3.05, 3.63) is 102 Å². The number of ether oxygens (including phenoxy) is 1. The predicted molar refractivity (Wildman–Crippen MR) is 101 cm³/mol. The quantitative estimate of drug-likeness (QED) is 0.754. The summed E-state index contributed by atoms with van der Waals surface area (Å²) in [5.41, 5.74) is 8.40. The summed E-state index contributed by atoms with van der Waals surface area (Å²) in [6.07, 6.45) is 4.96. The molecule has 2 rings (SSSR count). The Kier molecular flexibility index (Phi) is 6.60. The van der Waals surface area contributed by atoms with Gasteiger partial charge in [-0.3, -0.25) is 4.79 Å². The van der Waals surface area contributed by atoms with Crippen molar-refractivity contribution in [3.63, 3.8) is 0 Å². The molecule has 0 radical (unpaired) electrons. The lowest BCUT2D eigenvalue weighted by Crippen LogP contribution is -2.26. The van der Waals surface area contributed by atoms with Gasteiger partial charge in [-0.05, 0) is 42.8 Å². The van der Waals surface area contributed by atoms with Gasteiger partial charge in [0.15, 0.2) is 0 Å². The zero-order valence-electron chi connectivity index (χ0n) is 14.2. The van der Waals surface area contributed by atoms with Crippen LogP contribution in [-0.2, 0) is 6.61 Å². The zero-order chi connectivity index (χ0) is 18.1. The average molecular weight is 334 g/mol. The Morgan fingerprint density at radius 1 is 1.16 bits per heavy atom. The molecular formula is C21H22N2O2. The van der Waals surface area contributed by atoms with Gasteiger partial charge in [-0.25, -0.2) is 0 Å². The van der Waals surface area contributed by atoms with Gasteiger partial charge in [0.1, 0.15) is 12.4 Å². The second-order valence-electron chi connectivity index (χ2n) is 5.31. The lowest BCUT2D eigenvalue weighted by Gasteiger charge is -2.10. The third-order valence-corrected chi connectivity index (χ3v) is 3.52. The van der Waals surface area contributed by atoms with Crippen LogP contribution in [0.15, 0.2) is 90.8 Å². The largest absolute Gasteiger partial charge is 0.489 e. The van der Waals surface area contributed by atoms with Gasteiger partial charge in [0.05, 0.1) is 11.4 Å². The van der Waals surface area contributed by atoms with E-state index < -0.39 is 0 Å².